The lowest BCUT2D eigenvalue weighted by Crippen LogP contribution is -2.16. The van der Waals surface area contributed by atoms with Gasteiger partial charge in [0.1, 0.15) is 0 Å². The summed E-state index contributed by atoms with van der Waals surface area (Å²) in [5.41, 5.74) is 9.38. The van der Waals surface area contributed by atoms with Crippen molar-refractivity contribution in [1.82, 2.24) is 0 Å². The van der Waals surface area contributed by atoms with E-state index in [2.05, 4.69) is 54.6 Å². The van der Waals surface area contributed by atoms with E-state index in [-0.39, 0.29) is 0 Å². The second-order valence-electron chi connectivity index (χ2n) is 4.25. The first-order chi connectivity index (χ1) is 8.20. The van der Waals surface area contributed by atoms with Crippen molar-refractivity contribution in [2.75, 3.05) is 11.9 Å². The Bertz CT molecular complexity index is 473. The third-order valence-electron chi connectivity index (χ3n) is 2.96. The summed E-state index contributed by atoms with van der Waals surface area (Å²) < 4.78 is 0. The Hall–Kier alpha value is -1.32. The molecule has 2 rings (SSSR count). The molecule has 2 nitrogen and oxygen atoms in total. The minimum absolute atomic E-state index is 0.605. The molecule has 3 heteroatoms. The number of rotatable bonds is 4. The van der Waals surface area contributed by atoms with Gasteiger partial charge in [0.25, 0.3) is 0 Å². The predicted molar refractivity (Wildman–Crippen MR) is 75.5 cm³/mol. The molecule has 0 atom stereocenters. The van der Waals surface area contributed by atoms with E-state index in [9.17, 15) is 0 Å². The van der Waals surface area contributed by atoms with Gasteiger partial charge < -0.3 is 10.6 Å². The van der Waals surface area contributed by atoms with Crippen LogP contribution < -0.4 is 10.6 Å². The monoisotopic (exact) mass is 246 g/mol. The molecule has 1 aromatic carbocycles. The maximum atomic E-state index is 5.59. The molecule has 0 aliphatic carbocycles. The quantitative estimate of drug-likeness (QED) is 0.898. The average Bonchev–Trinajstić information content (AvgIpc) is 2.75. The van der Waals surface area contributed by atoms with Gasteiger partial charge in [-0.05, 0) is 41.6 Å². The molecule has 0 saturated heterocycles. The van der Waals surface area contributed by atoms with Crippen LogP contribution in [0.4, 0.5) is 5.69 Å². The van der Waals surface area contributed by atoms with Gasteiger partial charge in [-0.25, -0.2) is 0 Å². The zero-order chi connectivity index (χ0) is 12.3. The molecule has 0 aliphatic rings. The van der Waals surface area contributed by atoms with E-state index in [1.807, 2.05) is 11.3 Å². The summed E-state index contributed by atoms with van der Waals surface area (Å²) in [5.74, 6) is 0. The lowest BCUT2D eigenvalue weighted by atomic mass is 10.2. The molecule has 0 spiro atoms. The first kappa shape index (κ1) is 12.1. The van der Waals surface area contributed by atoms with Gasteiger partial charge in [-0.15, -0.1) is 11.3 Å². The molecule has 0 fully saturated rings. The van der Waals surface area contributed by atoms with Crippen LogP contribution in [0.1, 0.15) is 16.0 Å². The fourth-order valence-corrected chi connectivity index (χ4v) is 2.72. The minimum Gasteiger partial charge on any atom is -0.369 e. The van der Waals surface area contributed by atoms with Crippen molar-refractivity contribution in [3.63, 3.8) is 0 Å². The van der Waals surface area contributed by atoms with Crippen molar-refractivity contribution in [3.8, 4) is 0 Å². The molecular formula is C14H18N2S. The Balaban J connectivity index is 2.09. The van der Waals surface area contributed by atoms with Crippen LogP contribution in [-0.4, -0.2) is 7.05 Å². The predicted octanol–water partition coefficient (Wildman–Crippen LogP) is 3.15. The van der Waals surface area contributed by atoms with Crippen molar-refractivity contribution < 1.29 is 0 Å². The number of anilines is 1. The number of hydrogen-bond donors (Lipinski definition) is 1. The van der Waals surface area contributed by atoms with E-state index in [4.69, 9.17) is 5.73 Å². The SMILES string of the molecule is Cc1ccsc1CN(C)c1ccc(CN)cc1. The molecular weight excluding hydrogens is 228 g/mol. The summed E-state index contributed by atoms with van der Waals surface area (Å²) in [6.45, 7) is 3.73. The summed E-state index contributed by atoms with van der Waals surface area (Å²) in [4.78, 5) is 3.69. The van der Waals surface area contributed by atoms with Crippen LogP contribution >= 0.6 is 11.3 Å². The first-order valence-corrected chi connectivity index (χ1v) is 6.62. The Morgan fingerprint density at radius 1 is 1.18 bits per heavy atom. The minimum atomic E-state index is 0.605. The van der Waals surface area contributed by atoms with Crippen molar-refractivity contribution in [1.29, 1.82) is 0 Å². The first-order valence-electron chi connectivity index (χ1n) is 5.74. The molecule has 2 N–H and O–H groups in total. The number of thiophene rings is 1. The van der Waals surface area contributed by atoms with Crippen LogP contribution in [0, 0.1) is 6.92 Å². The van der Waals surface area contributed by atoms with E-state index >= 15 is 0 Å². The van der Waals surface area contributed by atoms with Gasteiger partial charge in [0, 0.05) is 24.2 Å². The third kappa shape index (κ3) is 2.87. The second-order valence-corrected chi connectivity index (χ2v) is 5.25. The molecule has 0 unspecified atom stereocenters. The third-order valence-corrected chi connectivity index (χ3v) is 3.97. The lowest BCUT2D eigenvalue weighted by Gasteiger charge is -2.19. The average molecular weight is 246 g/mol. The van der Waals surface area contributed by atoms with E-state index in [0.29, 0.717) is 6.54 Å². The molecule has 0 saturated carbocycles. The molecule has 17 heavy (non-hydrogen) atoms. The highest BCUT2D eigenvalue weighted by molar-refractivity contribution is 7.10. The van der Waals surface area contributed by atoms with Crippen LogP contribution in [0.3, 0.4) is 0 Å². The van der Waals surface area contributed by atoms with Crippen molar-refractivity contribution in [2.24, 2.45) is 5.73 Å². The second kappa shape index (κ2) is 5.34. The molecule has 1 aromatic heterocycles. The van der Waals surface area contributed by atoms with Gasteiger partial charge in [-0.1, -0.05) is 12.1 Å². The standard InChI is InChI=1S/C14H18N2S/c1-11-7-8-17-14(11)10-16(2)13-5-3-12(9-15)4-6-13/h3-8H,9-10,15H2,1-2H3. The maximum Gasteiger partial charge on any atom is 0.0522 e. The highest BCUT2D eigenvalue weighted by Gasteiger charge is 2.05. The number of hydrogen-bond acceptors (Lipinski definition) is 3. The van der Waals surface area contributed by atoms with Gasteiger partial charge >= 0.3 is 0 Å². The summed E-state index contributed by atoms with van der Waals surface area (Å²) in [7, 11) is 2.12. The smallest absolute Gasteiger partial charge is 0.0522 e. The summed E-state index contributed by atoms with van der Waals surface area (Å²) in [6.07, 6.45) is 0. The zero-order valence-corrected chi connectivity index (χ0v) is 11.1. The topological polar surface area (TPSA) is 29.3 Å². The molecule has 0 bridgehead atoms. The number of nitrogens with two attached hydrogens (primary N) is 1. The fourth-order valence-electron chi connectivity index (χ4n) is 1.76. The highest BCUT2D eigenvalue weighted by Crippen LogP contribution is 2.21. The van der Waals surface area contributed by atoms with Crippen LogP contribution in [-0.2, 0) is 13.1 Å². The van der Waals surface area contributed by atoms with Gasteiger partial charge in [0.05, 0.1) is 6.54 Å². The van der Waals surface area contributed by atoms with Gasteiger partial charge in [0.2, 0.25) is 0 Å². The van der Waals surface area contributed by atoms with Crippen molar-refractivity contribution >= 4 is 17.0 Å². The maximum absolute atomic E-state index is 5.59. The number of benzene rings is 1. The van der Waals surface area contributed by atoms with E-state index in [1.165, 1.54) is 21.7 Å². The van der Waals surface area contributed by atoms with Crippen molar-refractivity contribution in [3.05, 3.63) is 51.7 Å². The van der Waals surface area contributed by atoms with Gasteiger partial charge in [-0.2, -0.15) is 0 Å². The number of aryl methyl sites for hydroxylation is 1. The van der Waals surface area contributed by atoms with Gasteiger partial charge in [0.15, 0.2) is 0 Å². The summed E-state index contributed by atoms with van der Waals surface area (Å²) >= 11 is 1.82. The summed E-state index contributed by atoms with van der Waals surface area (Å²) in [5, 5.41) is 2.15. The van der Waals surface area contributed by atoms with Crippen LogP contribution in [0.2, 0.25) is 0 Å². The van der Waals surface area contributed by atoms with Gasteiger partial charge in [-0.3, -0.25) is 0 Å². The number of nitrogens with zero attached hydrogens (tertiary/aromatic N) is 1. The Kier molecular flexibility index (Phi) is 3.82. The van der Waals surface area contributed by atoms with E-state index in [1.54, 1.807) is 0 Å². The molecule has 2 aromatic rings. The van der Waals surface area contributed by atoms with Crippen LogP contribution in [0.25, 0.3) is 0 Å². The Morgan fingerprint density at radius 2 is 1.88 bits per heavy atom. The largest absolute Gasteiger partial charge is 0.369 e. The normalized spacial score (nSPS) is 10.5. The fraction of sp³-hybridized carbons (Fsp3) is 0.286. The molecule has 0 aliphatic heterocycles. The van der Waals surface area contributed by atoms with E-state index in [0.717, 1.165) is 6.54 Å². The Morgan fingerprint density at radius 3 is 2.41 bits per heavy atom. The van der Waals surface area contributed by atoms with Crippen LogP contribution in [0.5, 0.6) is 0 Å². The summed E-state index contributed by atoms with van der Waals surface area (Å²) in [6, 6.07) is 10.6. The molecule has 0 radical (unpaired) electrons. The molecule has 0 amide bonds. The zero-order valence-electron chi connectivity index (χ0n) is 10.3. The van der Waals surface area contributed by atoms with Crippen molar-refractivity contribution in [2.45, 2.75) is 20.0 Å². The Labute approximate surface area is 107 Å². The molecule has 90 valence electrons. The highest BCUT2D eigenvalue weighted by atomic mass is 32.1. The lowest BCUT2D eigenvalue weighted by molar-refractivity contribution is 0.931. The van der Waals surface area contributed by atoms with Crippen LogP contribution in [0.15, 0.2) is 35.7 Å². The molecule has 1 heterocycles. The van der Waals surface area contributed by atoms with E-state index < -0.39 is 0 Å².